The fourth-order valence-electron chi connectivity index (χ4n) is 2.05. The Morgan fingerprint density at radius 2 is 2.36 bits per heavy atom. The molecule has 1 atom stereocenters. The highest BCUT2D eigenvalue weighted by atomic mass is 15.3. The molecule has 2 N–H and O–H groups in total. The van der Waals surface area contributed by atoms with Crippen LogP contribution in [0.25, 0.3) is 0 Å². The van der Waals surface area contributed by atoms with Crippen molar-refractivity contribution in [1.82, 2.24) is 14.8 Å². The van der Waals surface area contributed by atoms with Crippen molar-refractivity contribution in [2.24, 2.45) is 11.7 Å². The van der Waals surface area contributed by atoms with Crippen LogP contribution in [0.2, 0.25) is 0 Å². The number of hydrogen-bond donors (Lipinski definition) is 1. The van der Waals surface area contributed by atoms with E-state index in [2.05, 4.69) is 21.7 Å². The second-order valence-corrected chi connectivity index (χ2v) is 4.03. The molecular formula is C10H18N4. The molecule has 0 bridgehead atoms. The van der Waals surface area contributed by atoms with Crippen LogP contribution in [-0.4, -0.2) is 21.3 Å². The van der Waals surface area contributed by atoms with Crippen molar-refractivity contribution < 1.29 is 0 Å². The molecule has 2 heterocycles. The summed E-state index contributed by atoms with van der Waals surface area (Å²) in [7, 11) is 0. The molecule has 1 aliphatic heterocycles. The van der Waals surface area contributed by atoms with Gasteiger partial charge in [-0.25, -0.2) is 0 Å². The van der Waals surface area contributed by atoms with Gasteiger partial charge in [-0.2, -0.15) is 0 Å². The first-order valence-corrected chi connectivity index (χ1v) is 5.46. The van der Waals surface area contributed by atoms with Crippen molar-refractivity contribution in [3.05, 3.63) is 11.6 Å². The van der Waals surface area contributed by atoms with Crippen LogP contribution >= 0.6 is 0 Å². The minimum atomic E-state index is 0.620. The van der Waals surface area contributed by atoms with Crippen LogP contribution in [0.15, 0.2) is 0 Å². The van der Waals surface area contributed by atoms with Crippen LogP contribution in [0.1, 0.15) is 31.4 Å². The average molecular weight is 194 g/mol. The van der Waals surface area contributed by atoms with Gasteiger partial charge in [0.05, 0.1) is 0 Å². The first-order chi connectivity index (χ1) is 6.85. The Hall–Kier alpha value is -0.900. The molecule has 4 heteroatoms. The number of aryl methyl sites for hydroxylation is 2. The molecule has 1 aliphatic rings. The maximum atomic E-state index is 5.70. The lowest BCUT2D eigenvalue weighted by Gasteiger charge is -2.22. The second kappa shape index (κ2) is 4.09. The standard InChI is InChI=1S/C10H18N4/c1-2-3-9-12-13-10-5-4-8(6-11)7-14(9)10/h8H,2-7,11H2,1H3. The van der Waals surface area contributed by atoms with Gasteiger partial charge in [0.25, 0.3) is 0 Å². The molecular weight excluding hydrogens is 176 g/mol. The molecule has 1 aromatic heterocycles. The van der Waals surface area contributed by atoms with Gasteiger partial charge in [0, 0.05) is 19.4 Å². The zero-order valence-corrected chi connectivity index (χ0v) is 8.74. The first kappa shape index (κ1) is 9.65. The number of nitrogens with two attached hydrogens (primary N) is 1. The molecule has 0 amide bonds. The Labute approximate surface area is 84.5 Å². The number of fused-ring (bicyclic) bond motifs is 1. The molecule has 0 aromatic carbocycles. The van der Waals surface area contributed by atoms with E-state index in [0.29, 0.717) is 5.92 Å². The maximum Gasteiger partial charge on any atom is 0.133 e. The average Bonchev–Trinajstić information content (AvgIpc) is 2.61. The smallest absolute Gasteiger partial charge is 0.133 e. The Morgan fingerprint density at radius 1 is 1.50 bits per heavy atom. The molecule has 14 heavy (non-hydrogen) atoms. The van der Waals surface area contributed by atoms with Gasteiger partial charge < -0.3 is 10.3 Å². The molecule has 0 fully saturated rings. The fraction of sp³-hybridized carbons (Fsp3) is 0.800. The summed E-state index contributed by atoms with van der Waals surface area (Å²) in [5, 5.41) is 8.44. The lowest BCUT2D eigenvalue weighted by Crippen LogP contribution is -2.27. The molecule has 4 nitrogen and oxygen atoms in total. The first-order valence-electron chi connectivity index (χ1n) is 5.46. The van der Waals surface area contributed by atoms with E-state index in [1.54, 1.807) is 0 Å². The normalized spacial score (nSPS) is 20.9. The number of rotatable bonds is 3. The molecule has 0 saturated carbocycles. The summed E-state index contributed by atoms with van der Waals surface area (Å²) in [6, 6.07) is 0. The van der Waals surface area contributed by atoms with E-state index in [4.69, 9.17) is 5.73 Å². The predicted octanol–water partition coefficient (Wildman–Crippen LogP) is 0.752. The number of nitrogens with zero attached hydrogens (tertiary/aromatic N) is 3. The highest BCUT2D eigenvalue weighted by molar-refractivity contribution is 5.00. The third kappa shape index (κ3) is 1.66. The van der Waals surface area contributed by atoms with Gasteiger partial charge in [0.1, 0.15) is 11.6 Å². The van der Waals surface area contributed by atoms with E-state index in [1.807, 2.05) is 0 Å². The lowest BCUT2D eigenvalue weighted by molar-refractivity contribution is 0.366. The topological polar surface area (TPSA) is 56.7 Å². The van der Waals surface area contributed by atoms with Crippen LogP contribution < -0.4 is 5.73 Å². The fourth-order valence-corrected chi connectivity index (χ4v) is 2.05. The summed E-state index contributed by atoms with van der Waals surface area (Å²) in [5.74, 6) is 2.91. The Balaban J connectivity index is 2.19. The van der Waals surface area contributed by atoms with Crippen molar-refractivity contribution in [3.8, 4) is 0 Å². The van der Waals surface area contributed by atoms with E-state index < -0.39 is 0 Å². The number of aromatic nitrogens is 3. The van der Waals surface area contributed by atoms with E-state index >= 15 is 0 Å². The van der Waals surface area contributed by atoms with Crippen LogP contribution in [0.3, 0.4) is 0 Å². The molecule has 0 aliphatic carbocycles. The zero-order valence-electron chi connectivity index (χ0n) is 8.74. The molecule has 0 radical (unpaired) electrons. The van der Waals surface area contributed by atoms with Gasteiger partial charge in [-0.3, -0.25) is 0 Å². The highest BCUT2D eigenvalue weighted by Gasteiger charge is 2.21. The van der Waals surface area contributed by atoms with Crippen molar-refractivity contribution in [1.29, 1.82) is 0 Å². The Morgan fingerprint density at radius 3 is 3.07 bits per heavy atom. The molecule has 1 aromatic rings. The summed E-state index contributed by atoms with van der Waals surface area (Å²) in [6.07, 6.45) is 4.37. The van der Waals surface area contributed by atoms with Gasteiger partial charge >= 0.3 is 0 Å². The highest BCUT2D eigenvalue weighted by Crippen LogP contribution is 2.19. The van der Waals surface area contributed by atoms with Crippen LogP contribution in [0, 0.1) is 5.92 Å². The quantitative estimate of drug-likeness (QED) is 0.772. The monoisotopic (exact) mass is 194 g/mol. The summed E-state index contributed by atoms with van der Waals surface area (Å²) < 4.78 is 2.27. The summed E-state index contributed by atoms with van der Waals surface area (Å²) in [4.78, 5) is 0. The van der Waals surface area contributed by atoms with Gasteiger partial charge in [-0.1, -0.05) is 6.92 Å². The number of hydrogen-bond acceptors (Lipinski definition) is 3. The third-order valence-corrected chi connectivity index (χ3v) is 2.93. The lowest BCUT2D eigenvalue weighted by atomic mass is 9.99. The SMILES string of the molecule is CCCc1nnc2n1CC(CN)CC2. The summed E-state index contributed by atoms with van der Waals surface area (Å²) in [6.45, 7) is 3.97. The van der Waals surface area contributed by atoms with Gasteiger partial charge in [0.15, 0.2) is 0 Å². The van der Waals surface area contributed by atoms with Gasteiger partial charge in [-0.05, 0) is 25.3 Å². The largest absolute Gasteiger partial charge is 0.330 e. The maximum absolute atomic E-state index is 5.70. The van der Waals surface area contributed by atoms with Gasteiger partial charge in [-0.15, -0.1) is 10.2 Å². The second-order valence-electron chi connectivity index (χ2n) is 4.03. The van der Waals surface area contributed by atoms with E-state index in [0.717, 1.165) is 44.0 Å². The third-order valence-electron chi connectivity index (χ3n) is 2.93. The van der Waals surface area contributed by atoms with Crippen LogP contribution in [-0.2, 0) is 19.4 Å². The molecule has 0 saturated heterocycles. The van der Waals surface area contributed by atoms with E-state index in [-0.39, 0.29) is 0 Å². The van der Waals surface area contributed by atoms with Crippen LogP contribution in [0.5, 0.6) is 0 Å². The summed E-state index contributed by atoms with van der Waals surface area (Å²) >= 11 is 0. The minimum Gasteiger partial charge on any atom is -0.330 e. The van der Waals surface area contributed by atoms with Crippen molar-refractivity contribution in [2.75, 3.05) is 6.54 Å². The Kier molecular flexibility index (Phi) is 2.82. The molecule has 1 unspecified atom stereocenters. The predicted molar refractivity (Wildman–Crippen MR) is 54.9 cm³/mol. The van der Waals surface area contributed by atoms with Crippen LogP contribution in [0.4, 0.5) is 0 Å². The molecule has 0 spiro atoms. The molecule has 78 valence electrons. The Bertz CT molecular complexity index is 305. The minimum absolute atomic E-state index is 0.620. The molecule has 2 rings (SSSR count). The van der Waals surface area contributed by atoms with Gasteiger partial charge in [0.2, 0.25) is 0 Å². The van der Waals surface area contributed by atoms with E-state index in [1.165, 1.54) is 6.42 Å². The summed E-state index contributed by atoms with van der Waals surface area (Å²) in [5.41, 5.74) is 5.70. The van der Waals surface area contributed by atoms with Crippen molar-refractivity contribution in [2.45, 2.75) is 39.2 Å². The van der Waals surface area contributed by atoms with Crippen molar-refractivity contribution in [3.63, 3.8) is 0 Å². The van der Waals surface area contributed by atoms with E-state index in [9.17, 15) is 0 Å². The zero-order chi connectivity index (χ0) is 9.97. The van der Waals surface area contributed by atoms with Crippen molar-refractivity contribution >= 4 is 0 Å².